The number of amidine groups is 1. The van der Waals surface area contributed by atoms with Gasteiger partial charge < -0.3 is 10.6 Å². The monoisotopic (exact) mass is 478 g/mol. The van der Waals surface area contributed by atoms with Crippen LogP contribution < -0.4 is 10.6 Å². The van der Waals surface area contributed by atoms with E-state index in [2.05, 4.69) is 15.6 Å². The molecule has 0 aliphatic carbocycles. The molecule has 1 aromatic heterocycles. The third-order valence-electron chi connectivity index (χ3n) is 5.57. The molecule has 0 atom stereocenters. The molecule has 0 unspecified atom stereocenters. The Balaban J connectivity index is 1.30. The number of thiophene rings is 1. The van der Waals surface area contributed by atoms with Gasteiger partial charge in [-0.2, -0.15) is 0 Å². The van der Waals surface area contributed by atoms with Crippen LogP contribution in [0.4, 0.5) is 5.69 Å². The van der Waals surface area contributed by atoms with E-state index in [9.17, 15) is 14.4 Å². The van der Waals surface area contributed by atoms with E-state index in [1.165, 1.54) is 4.90 Å². The second-order valence-corrected chi connectivity index (χ2v) is 9.37. The number of amides is 3. The molecule has 33 heavy (non-hydrogen) atoms. The minimum atomic E-state index is -0.406. The van der Waals surface area contributed by atoms with E-state index >= 15 is 0 Å². The average molecular weight is 479 g/mol. The number of carbonyl (C=O) groups is 3. The van der Waals surface area contributed by atoms with Crippen molar-refractivity contribution in [1.82, 2.24) is 10.2 Å². The van der Waals surface area contributed by atoms with Crippen molar-refractivity contribution < 1.29 is 14.4 Å². The van der Waals surface area contributed by atoms with Crippen LogP contribution >= 0.6 is 22.9 Å². The van der Waals surface area contributed by atoms with Crippen molar-refractivity contribution in [3.63, 3.8) is 0 Å². The molecule has 0 fully saturated rings. The van der Waals surface area contributed by atoms with E-state index in [0.29, 0.717) is 26.9 Å². The molecule has 3 heterocycles. The van der Waals surface area contributed by atoms with Gasteiger partial charge in [-0.1, -0.05) is 41.9 Å². The summed E-state index contributed by atoms with van der Waals surface area (Å²) in [6, 6.07) is 16.1. The van der Waals surface area contributed by atoms with Crippen LogP contribution in [0, 0.1) is 0 Å². The summed E-state index contributed by atoms with van der Waals surface area (Å²) in [6.07, 6.45) is 0.529. The zero-order chi connectivity index (χ0) is 22.9. The summed E-state index contributed by atoms with van der Waals surface area (Å²) < 4.78 is 0.497. The number of hydrogen-bond acceptors (Lipinski definition) is 6. The van der Waals surface area contributed by atoms with Crippen LogP contribution in [-0.4, -0.2) is 48.1 Å². The number of imide groups is 1. The van der Waals surface area contributed by atoms with E-state index in [1.807, 2.05) is 24.3 Å². The lowest BCUT2D eigenvalue weighted by Gasteiger charge is -2.14. The summed E-state index contributed by atoms with van der Waals surface area (Å²) >= 11 is 7.06. The molecule has 0 saturated carbocycles. The second kappa shape index (κ2) is 8.80. The minimum absolute atomic E-state index is 0.221. The van der Waals surface area contributed by atoms with Gasteiger partial charge in [0.1, 0.15) is 5.84 Å². The molecule has 2 aromatic carbocycles. The van der Waals surface area contributed by atoms with Gasteiger partial charge in [-0.15, -0.1) is 11.3 Å². The number of benzene rings is 2. The maximum atomic E-state index is 13.1. The molecular weight excluding hydrogens is 460 g/mol. The Labute approximate surface area is 199 Å². The van der Waals surface area contributed by atoms with Crippen molar-refractivity contribution in [2.45, 2.75) is 6.42 Å². The maximum Gasteiger partial charge on any atom is 0.265 e. The fourth-order valence-corrected chi connectivity index (χ4v) is 4.86. The van der Waals surface area contributed by atoms with Gasteiger partial charge in [0.15, 0.2) is 0 Å². The summed E-state index contributed by atoms with van der Waals surface area (Å²) in [7, 11) is 0. The molecule has 2 aliphatic heterocycles. The van der Waals surface area contributed by atoms with Gasteiger partial charge >= 0.3 is 0 Å². The van der Waals surface area contributed by atoms with Gasteiger partial charge in [-0.05, 0) is 36.2 Å². The molecule has 166 valence electrons. The number of rotatable bonds is 6. The number of fused-ring (bicyclic) bond motifs is 1. The molecule has 0 saturated heterocycles. The first-order valence-corrected chi connectivity index (χ1v) is 11.6. The highest BCUT2D eigenvalue weighted by Gasteiger charge is 2.37. The second-order valence-electron chi connectivity index (χ2n) is 7.65. The number of halogens is 1. The number of aliphatic imine (C=N–C) groups is 1. The molecule has 5 rings (SSSR count). The van der Waals surface area contributed by atoms with Crippen LogP contribution in [0.1, 0.15) is 41.5 Å². The maximum absolute atomic E-state index is 13.1. The fourth-order valence-electron chi connectivity index (χ4n) is 3.92. The molecule has 3 amide bonds. The molecule has 9 heteroatoms. The predicted octanol–water partition coefficient (Wildman–Crippen LogP) is 3.84. The van der Waals surface area contributed by atoms with Crippen LogP contribution in [0.15, 0.2) is 59.6 Å². The Morgan fingerprint density at radius 2 is 1.91 bits per heavy atom. The van der Waals surface area contributed by atoms with E-state index < -0.39 is 5.91 Å². The Hall–Kier alpha value is -3.49. The standard InChI is InChI=1S/C24H19ClN4O3S/c25-19-9-8-18(33-19)22(30)28-17-3-1-2-16-20(17)24(32)29(23(16)31)13-10-14-4-6-15(7-5-14)21-26-11-12-27-21/h1-9H,10-13H2,(H,26,27)(H,28,30). The van der Waals surface area contributed by atoms with Crippen molar-refractivity contribution in [1.29, 1.82) is 0 Å². The van der Waals surface area contributed by atoms with Crippen molar-refractivity contribution >= 4 is 52.2 Å². The van der Waals surface area contributed by atoms with Crippen LogP contribution in [-0.2, 0) is 6.42 Å². The molecular formula is C24H19ClN4O3S. The van der Waals surface area contributed by atoms with E-state index in [-0.39, 0.29) is 23.9 Å². The van der Waals surface area contributed by atoms with Crippen LogP contribution in [0.3, 0.4) is 0 Å². The zero-order valence-electron chi connectivity index (χ0n) is 17.4. The molecule has 0 spiro atoms. The van der Waals surface area contributed by atoms with E-state index in [0.717, 1.165) is 41.4 Å². The van der Waals surface area contributed by atoms with Crippen molar-refractivity contribution in [3.8, 4) is 0 Å². The summed E-state index contributed by atoms with van der Waals surface area (Å²) in [4.78, 5) is 44.6. The topological polar surface area (TPSA) is 90.9 Å². The van der Waals surface area contributed by atoms with E-state index in [1.54, 1.807) is 30.3 Å². The first-order chi connectivity index (χ1) is 16.0. The van der Waals surface area contributed by atoms with Crippen LogP contribution in [0.5, 0.6) is 0 Å². The van der Waals surface area contributed by atoms with Crippen molar-refractivity contribution in [3.05, 3.63) is 86.1 Å². The molecule has 0 bridgehead atoms. The molecule has 2 N–H and O–H groups in total. The van der Waals surface area contributed by atoms with Gasteiger partial charge in [0, 0.05) is 18.7 Å². The van der Waals surface area contributed by atoms with Crippen molar-refractivity contribution in [2.75, 3.05) is 25.0 Å². The van der Waals surface area contributed by atoms with Gasteiger partial charge in [0.05, 0.1) is 32.6 Å². The van der Waals surface area contributed by atoms with Crippen LogP contribution in [0.25, 0.3) is 0 Å². The highest BCUT2D eigenvalue weighted by Crippen LogP contribution is 2.31. The summed E-state index contributed by atoms with van der Waals surface area (Å²) in [6.45, 7) is 1.87. The third-order valence-corrected chi connectivity index (χ3v) is 6.80. The smallest absolute Gasteiger partial charge is 0.265 e. The molecule has 3 aromatic rings. The number of nitrogens with zero attached hydrogens (tertiary/aromatic N) is 2. The molecule has 7 nitrogen and oxygen atoms in total. The lowest BCUT2D eigenvalue weighted by molar-refractivity contribution is 0.0656. The van der Waals surface area contributed by atoms with Gasteiger partial charge in [-0.3, -0.25) is 24.3 Å². The average Bonchev–Trinajstić information content (AvgIpc) is 3.55. The van der Waals surface area contributed by atoms with Crippen LogP contribution in [0.2, 0.25) is 4.34 Å². The predicted molar refractivity (Wildman–Crippen MR) is 129 cm³/mol. The Morgan fingerprint density at radius 1 is 1.09 bits per heavy atom. The Kier molecular flexibility index (Phi) is 5.70. The highest BCUT2D eigenvalue weighted by atomic mass is 35.5. The highest BCUT2D eigenvalue weighted by molar-refractivity contribution is 7.18. The van der Waals surface area contributed by atoms with Crippen molar-refractivity contribution in [2.24, 2.45) is 4.99 Å². The first-order valence-electron chi connectivity index (χ1n) is 10.4. The number of carbonyl (C=O) groups excluding carboxylic acids is 3. The zero-order valence-corrected chi connectivity index (χ0v) is 19.0. The summed E-state index contributed by atoms with van der Waals surface area (Å²) in [5.41, 5.74) is 2.86. The largest absolute Gasteiger partial charge is 0.368 e. The molecule has 0 radical (unpaired) electrons. The Morgan fingerprint density at radius 3 is 2.61 bits per heavy atom. The quantitative estimate of drug-likeness (QED) is 0.526. The number of anilines is 1. The summed E-state index contributed by atoms with van der Waals surface area (Å²) in [5, 5.41) is 5.98. The lowest BCUT2D eigenvalue weighted by atomic mass is 10.1. The van der Waals surface area contributed by atoms with Gasteiger partial charge in [0.25, 0.3) is 17.7 Å². The SMILES string of the molecule is O=C(Nc1cccc2c1C(=O)N(CCc1ccc(C3=NCCN3)cc1)C2=O)c1ccc(Cl)s1. The normalized spacial score (nSPS) is 14.8. The number of hydrogen-bond donors (Lipinski definition) is 2. The Bertz CT molecular complexity index is 1300. The first kappa shape index (κ1) is 21.4. The number of nitrogens with one attached hydrogen (secondary N) is 2. The summed E-state index contributed by atoms with van der Waals surface area (Å²) in [5.74, 6) is -0.246. The fraction of sp³-hybridized carbons (Fsp3) is 0.167. The van der Waals surface area contributed by atoms with E-state index in [4.69, 9.17) is 11.6 Å². The molecule has 2 aliphatic rings. The van der Waals surface area contributed by atoms with Gasteiger partial charge in [0.2, 0.25) is 0 Å². The third kappa shape index (κ3) is 4.15. The van der Waals surface area contributed by atoms with Gasteiger partial charge in [-0.25, -0.2) is 0 Å². The minimum Gasteiger partial charge on any atom is -0.368 e. The lowest BCUT2D eigenvalue weighted by Crippen LogP contribution is -2.32.